The summed E-state index contributed by atoms with van der Waals surface area (Å²) in [7, 11) is 2.06. The second-order valence-electron chi connectivity index (χ2n) is 5.43. The second kappa shape index (κ2) is 5.17. The maximum absolute atomic E-state index is 4.50. The van der Waals surface area contributed by atoms with E-state index in [1.165, 1.54) is 35.2 Å². The maximum atomic E-state index is 4.50. The molecule has 1 aliphatic rings. The van der Waals surface area contributed by atoms with Crippen molar-refractivity contribution in [2.24, 2.45) is 7.05 Å². The van der Waals surface area contributed by atoms with E-state index in [1.54, 1.807) is 0 Å². The van der Waals surface area contributed by atoms with Crippen LogP contribution in [0, 0.1) is 6.92 Å². The summed E-state index contributed by atoms with van der Waals surface area (Å²) in [6.45, 7) is 4.39. The van der Waals surface area contributed by atoms with Gasteiger partial charge in [-0.05, 0) is 37.4 Å². The van der Waals surface area contributed by atoms with Gasteiger partial charge in [0.05, 0.1) is 11.9 Å². The van der Waals surface area contributed by atoms with Crippen molar-refractivity contribution in [2.75, 3.05) is 13.1 Å². The standard InChI is InChI=1S/C16H21N3/c1-12-6-3-4-8-14(12)15-11-18-19(2)16(15)13-7-5-9-17-10-13/h3-4,6,8,11,13,17H,5,7,9-10H2,1-2H3. The van der Waals surface area contributed by atoms with Crippen LogP contribution in [0.4, 0.5) is 0 Å². The Hall–Kier alpha value is -1.61. The largest absolute Gasteiger partial charge is 0.316 e. The molecule has 1 aromatic carbocycles. The van der Waals surface area contributed by atoms with Crippen molar-refractivity contribution >= 4 is 0 Å². The molecular formula is C16H21N3. The maximum Gasteiger partial charge on any atom is 0.0571 e. The highest BCUT2D eigenvalue weighted by Gasteiger charge is 2.23. The molecule has 1 unspecified atom stereocenters. The monoisotopic (exact) mass is 255 g/mol. The van der Waals surface area contributed by atoms with E-state index in [-0.39, 0.29) is 0 Å². The number of rotatable bonds is 2. The van der Waals surface area contributed by atoms with Gasteiger partial charge < -0.3 is 5.32 Å². The van der Waals surface area contributed by atoms with Gasteiger partial charge >= 0.3 is 0 Å². The highest BCUT2D eigenvalue weighted by Crippen LogP contribution is 2.33. The van der Waals surface area contributed by atoms with E-state index in [9.17, 15) is 0 Å². The summed E-state index contributed by atoms with van der Waals surface area (Å²) in [5.41, 5.74) is 5.31. The van der Waals surface area contributed by atoms with E-state index in [2.05, 4.69) is 53.3 Å². The van der Waals surface area contributed by atoms with Gasteiger partial charge in [-0.25, -0.2) is 0 Å². The van der Waals surface area contributed by atoms with Crippen LogP contribution in [0.15, 0.2) is 30.5 Å². The molecule has 1 aromatic heterocycles. The van der Waals surface area contributed by atoms with Crippen LogP contribution in [0.2, 0.25) is 0 Å². The van der Waals surface area contributed by atoms with Crippen LogP contribution >= 0.6 is 0 Å². The Morgan fingerprint density at radius 3 is 2.84 bits per heavy atom. The van der Waals surface area contributed by atoms with Crippen molar-refractivity contribution in [3.05, 3.63) is 41.7 Å². The van der Waals surface area contributed by atoms with Gasteiger partial charge in [0.25, 0.3) is 0 Å². The third-order valence-electron chi connectivity index (χ3n) is 4.10. The fraction of sp³-hybridized carbons (Fsp3) is 0.438. The molecule has 1 fully saturated rings. The quantitative estimate of drug-likeness (QED) is 0.894. The van der Waals surface area contributed by atoms with Crippen molar-refractivity contribution in [3.63, 3.8) is 0 Å². The molecule has 1 saturated heterocycles. The number of benzene rings is 1. The van der Waals surface area contributed by atoms with Crippen molar-refractivity contribution in [3.8, 4) is 11.1 Å². The Balaban J connectivity index is 2.05. The first-order valence-electron chi connectivity index (χ1n) is 7.06. The third kappa shape index (κ3) is 2.30. The molecule has 2 heterocycles. The molecule has 3 rings (SSSR count). The molecule has 19 heavy (non-hydrogen) atoms. The van der Waals surface area contributed by atoms with Gasteiger partial charge in [-0.1, -0.05) is 24.3 Å². The first-order valence-corrected chi connectivity index (χ1v) is 7.06. The van der Waals surface area contributed by atoms with Crippen LogP contribution in [0.1, 0.15) is 30.0 Å². The van der Waals surface area contributed by atoms with Gasteiger partial charge in [0, 0.05) is 25.1 Å². The van der Waals surface area contributed by atoms with Crippen molar-refractivity contribution < 1.29 is 0 Å². The molecule has 100 valence electrons. The molecule has 0 saturated carbocycles. The molecule has 0 spiro atoms. The zero-order chi connectivity index (χ0) is 13.2. The first-order chi connectivity index (χ1) is 9.27. The normalized spacial score (nSPS) is 19.6. The lowest BCUT2D eigenvalue weighted by Crippen LogP contribution is -2.29. The van der Waals surface area contributed by atoms with Crippen LogP contribution in [0.5, 0.6) is 0 Å². The van der Waals surface area contributed by atoms with E-state index in [4.69, 9.17) is 0 Å². The highest BCUT2D eigenvalue weighted by molar-refractivity contribution is 5.69. The van der Waals surface area contributed by atoms with E-state index >= 15 is 0 Å². The van der Waals surface area contributed by atoms with Gasteiger partial charge in [-0.3, -0.25) is 4.68 Å². The van der Waals surface area contributed by atoms with Crippen molar-refractivity contribution in [1.29, 1.82) is 0 Å². The second-order valence-corrected chi connectivity index (χ2v) is 5.43. The number of aromatic nitrogens is 2. The highest BCUT2D eigenvalue weighted by atomic mass is 15.3. The molecular weight excluding hydrogens is 234 g/mol. The zero-order valence-corrected chi connectivity index (χ0v) is 11.7. The summed E-state index contributed by atoms with van der Waals surface area (Å²) >= 11 is 0. The zero-order valence-electron chi connectivity index (χ0n) is 11.7. The van der Waals surface area contributed by atoms with Gasteiger partial charge in [0.15, 0.2) is 0 Å². The Bertz CT molecular complexity index is 565. The van der Waals surface area contributed by atoms with Crippen LogP contribution in [0.25, 0.3) is 11.1 Å². The topological polar surface area (TPSA) is 29.9 Å². The first kappa shape index (κ1) is 12.4. The summed E-state index contributed by atoms with van der Waals surface area (Å²) in [5.74, 6) is 0.579. The summed E-state index contributed by atoms with van der Waals surface area (Å²) in [6.07, 6.45) is 4.53. The molecule has 0 amide bonds. The number of aryl methyl sites for hydroxylation is 2. The van der Waals surface area contributed by atoms with E-state index < -0.39 is 0 Å². The Labute approximate surface area is 114 Å². The lowest BCUT2D eigenvalue weighted by molar-refractivity contribution is 0.442. The van der Waals surface area contributed by atoms with Crippen LogP contribution in [0.3, 0.4) is 0 Å². The Morgan fingerprint density at radius 1 is 1.26 bits per heavy atom. The average Bonchev–Trinajstić information content (AvgIpc) is 2.82. The summed E-state index contributed by atoms with van der Waals surface area (Å²) in [4.78, 5) is 0. The molecule has 1 atom stereocenters. The van der Waals surface area contributed by atoms with Crippen LogP contribution in [-0.4, -0.2) is 22.9 Å². The van der Waals surface area contributed by atoms with Gasteiger partial charge in [-0.2, -0.15) is 5.10 Å². The predicted molar refractivity (Wildman–Crippen MR) is 78.2 cm³/mol. The molecule has 3 heteroatoms. The summed E-state index contributed by atoms with van der Waals surface area (Å²) in [6, 6.07) is 8.58. The fourth-order valence-electron chi connectivity index (χ4n) is 3.10. The predicted octanol–water partition coefficient (Wildman–Crippen LogP) is 2.86. The minimum atomic E-state index is 0.579. The number of hydrogen-bond acceptors (Lipinski definition) is 2. The molecule has 0 radical (unpaired) electrons. The third-order valence-corrected chi connectivity index (χ3v) is 4.10. The number of nitrogens with zero attached hydrogens (tertiary/aromatic N) is 2. The Morgan fingerprint density at radius 2 is 2.11 bits per heavy atom. The smallest absolute Gasteiger partial charge is 0.0571 e. The summed E-state index contributed by atoms with van der Waals surface area (Å²) < 4.78 is 2.06. The average molecular weight is 255 g/mol. The van der Waals surface area contributed by atoms with Crippen molar-refractivity contribution in [1.82, 2.24) is 15.1 Å². The minimum absolute atomic E-state index is 0.579. The van der Waals surface area contributed by atoms with Gasteiger partial charge in [0.1, 0.15) is 0 Å². The van der Waals surface area contributed by atoms with E-state index in [0.717, 1.165) is 13.1 Å². The molecule has 1 aliphatic heterocycles. The Kier molecular flexibility index (Phi) is 3.38. The molecule has 1 N–H and O–H groups in total. The lowest BCUT2D eigenvalue weighted by atomic mass is 9.90. The fourth-order valence-corrected chi connectivity index (χ4v) is 3.10. The lowest BCUT2D eigenvalue weighted by Gasteiger charge is -2.24. The summed E-state index contributed by atoms with van der Waals surface area (Å²) in [5, 5.41) is 8.00. The molecule has 2 aromatic rings. The number of hydrogen-bond donors (Lipinski definition) is 1. The van der Waals surface area contributed by atoms with Crippen molar-refractivity contribution in [2.45, 2.75) is 25.7 Å². The SMILES string of the molecule is Cc1ccccc1-c1cnn(C)c1C1CCCNC1. The van der Waals surface area contributed by atoms with E-state index in [1.807, 2.05) is 6.20 Å². The van der Waals surface area contributed by atoms with Gasteiger partial charge in [-0.15, -0.1) is 0 Å². The van der Waals surface area contributed by atoms with Gasteiger partial charge in [0.2, 0.25) is 0 Å². The number of nitrogens with one attached hydrogen (secondary N) is 1. The molecule has 0 aliphatic carbocycles. The molecule has 3 nitrogen and oxygen atoms in total. The minimum Gasteiger partial charge on any atom is -0.316 e. The number of piperidine rings is 1. The van der Waals surface area contributed by atoms with Crippen LogP contribution in [-0.2, 0) is 7.05 Å². The van der Waals surface area contributed by atoms with E-state index in [0.29, 0.717) is 5.92 Å². The van der Waals surface area contributed by atoms with Crippen LogP contribution < -0.4 is 5.32 Å². The molecule has 0 bridgehead atoms.